The number of likely N-dealkylation sites (tertiary alicyclic amines) is 1. The Labute approximate surface area is 124 Å². The molecule has 0 N–H and O–H groups in total. The quantitative estimate of drug-likeness (QED) is 0.308. The van der Waals surface area contributed by atoms with E-state index in [1.54, 1.807) is 4.90 Å². The molecule has 0 radical (unpaired) electrons. The molecule has 1 saturated heterocycles. The third-order valence-electron chi connectivity index (χ3n) is 1.67. The van der Waals surface area contributed by atoms with Crippen LogP contribution < -0.4 is 51.4 Å². The van der Waals surface area contributed by atoms with Crippen molar-refractivity contribution in [2.75, 3.05) is 13.1 Å². The van der Waals surface area contributed by atoms with E-state index in [-0.39, 0.29) is 57.3 Å². The van der Waals surface area contributed by atoms with E-state index >= 15 is 0 Å². The van der Waals surface area contributed by atoms with Crippen molar-refractivity contribution in [3.63, 3.8) is 0 Å². The predicted octanol–water partition coefficient (Wildman–Crippen LogP) is -0.971. The van der Waals surface area contributed by atoms with Gasteiger partial charge in [-0.3, -0.25) is 4.79 Å². The smallest absolute Gasteiger partial charge is 0.369 e. The Balaban J connectivity index is 0. The van der Waals surface area contributed by atoms with Crippen LogP contribution in [0.2, 0.25) is 0 Å². The molecule has 1 aliphatic heterocycles. The van der Waals surface area contributed by atoms with E-state index in [9.17, 15) is 4.79 Å². The van der Waals surface area contributed by atoms with Gasteiger partial charge >= 0.3 is 51.4 Å². The molecule has 0 spiro atoms. The molecular formula is C10H18KNO. The van der Waals surface area contributed by atoms with Crippen LogP contribution in [0.5, 0.6) is 0 Å². The minimum atomic E-state index is 0. The van der Waals surface area contributed by atoms with E-state index < -0.39 is 0 Å². The molecule has 1 aliphatic rings. The molecule has 70 valence electrons. The number of piperidine rings is 1. The van der Waals surface area contributed by atoms with Gasteiger partial charge in [-0.05, 0) is 6.08 Å². The SMILES string of the molecule is C=CC(=O)N1C[CH-]CCC1.CC.[K+]. The van der Waals surface area contributed by atoms with Crippen LogP contribution in [0.1, 0.15) is 26.7 Å². The molecule has 0 unspecified atom stereocenters. The number of hydrogen-bond donors (Lipinski definition) is 0. The van der Waals surface area contributed by atoms with Crippen LogP contribution in [0, 0.1) is 6.42 Å². The number of nitrogens with zero attached hydrogens (tertiary/aromatic N) is 1. The first-order valence-corrected chi connectivity index (χ1v) is 4.57. The molecule has 0 aromatic rings. The zero-order valence-corrected chi connectivity index (χ0v) is 12.2. The number of rotatable bonds is 1. The van der Waals surface area contributed by atoms with Gasteiger partial charge in [-0.1, -0.05) is 26.8 Å². The van der Waals surface area contributed by atoms with Crippen molar-refractivity contribution >= 4 is 5.91 Å². The molecule has 1 heterocycles. The molecule has 13 heavy (non-hydrogen) atoms. The van der Waals surface area contributed by atoms with Crippen LogP contribution in [0.15, 0.2) is 12.7 Å². The van der Waals surface area contributed by atoms with Crippen LogP contribution >= 0.6 is 0 Å². The fraction of sp³-hybridized carbons (Fsp3) is 0.600. The van der Waals surface area contributed by atoms with Crippen molar-refractivity contribution in [2.24, 2.45) is 0 Å². The maximum atomic E-state index is 11.0. The summed E-state index contributed by atoms with van der Waals surface area (Å²) in [4.78, 5) is 12.8. The van der Waals surface area contributed by atoms with Gasteiger partial charge in [0, 0.05) is 6.54 Å². The van der Waals surface area contributed by atoms with Gasteiger partial charge in [0.15, 0.2) is 0 Å². The Bertz CT molecular complexity index is 142. The molecular weight excluding hydrogens is 189 g/mol. The molecule has 0 aromatic heterocycles. The normalized spacial score (nSPS) is 14.8. The first-order chi connectivity index (χ1) is 5.84. The second-order valence-corrected chi connectivity index (χ2v) is 2.42. The van der Waals surface area contributed by atoms with Gasteiger partial charge in [0.1, 0.15) is 0 Å². The maximum absolute atomic E-state index is 11.0. The molecule has 1 rings (SSSR count). The standard InChI is InChI=1S/C8H12NO.C2H6.K/c1-2-8(10)9-6-4-3-5-7-9;1-2;/h2,4H,1,3,5-7H2;1-2H3;/q-1;;+1. The van der Waals surface area contributed by atoms with Crippen molar-refractivity contribution in [3.05, 3.63) is 19.1 Å². The van der Waals surface area contributed by atoms with Gasteiger partial charge in [0.25, 0.3) is 0 Å². The van der Waals surface area contributed by atoms with Crippen molar-refractivity contribution in [3.8, 4) is 0 Å². The Kier molecular flexibility index (Phi) is 13.7. The fourth-order valence-corrected chi connectivity index (χ4v) is 1.09. The van der Waals surface area contributed by atoms with Crippen LogP contribution in [-0.2, 0) is 4.79 Å². The van der Waals surface area contributed by atoms with E-state index in [0.29, 0.717) is 0 Å². The summed E-state index contributed by atoms with van der Waals surface area (Å²) in [6, 6.07) is 0. The zero-order chi connectivity index (χ0) is 9.40. The number of amides is 1. The van der Waals surface area contributed by atoms with E-state index in [0.717, 1.165) is 25.9 Å². The molecule has 0 saturated carbocycles. The summed E-state index contributed by atoms with van der Waals surface area (Å²) in [5.74, 6) is 0.0518. The minimum Gasteiger partial charge on any atom is -0.369 e. The molecule has 0 aliphatic carbocycles. The largest absolute Gasteiger partial charge is 1.00 e. The van der Waals surface area contributed by atoms with Crippen molar-refractivity contribution in [1.29, 1.82) is 0 Å². The van der Waals surface area contributed by atoms with Gasteiger partial charge < -0.3 is 11.3 Å². The fourth-order valence-electron chi connectivity index (χ4n) is 1.09. The summed E-state index contributed by atoms with van der Waals surface area (Å²) in [5.41, 5.74) is 0. The van der Waals surface area contributed by atoms with Gasteiger partial charge in [-0.2, -0.15) is 6.42 Å². The second kappa shape index (κ2) is 10.9. The average Bonchev–Trinajstić information content (AvgIpc) is 2.21. The molecule has 1 fully saturated rings. The summed E-state index contributed by atoms with van der Waals surface area (Å²) in [7, 11) is 0. The third-order valence-corrected chi connectivity index (χ3v) is 1.67. The van der Waals surface area contributed by atoms with E-state index in [1.807, 2.05) is 13.8 Å². The molecule has 0 bridgehead atoms. The summed E-state index contributed by atoms with van der Waals surface area (Å²) in [6.07, 6.45) is 5.74. The first-order valence-electron chi connectivity index (χ1n) is 4.57. The molecule has 1 amide bonds. The van der Waals surface area contributed by atoms with Crippen LogP contribution in [0.25, 0.3) is 0 Å². The molecule has 2 nitrogen and oxygen atoms in total. The summed E-state index contributed by atoms with van der Waals surface area (Å²) in [6.45, 7) is 9.12. The zero-order valence-electron chi connectivity index (χ0n) is 9.05. The van der Waals surface area contributed by atoms with Crippen molar-refractivity contribution in [2.45, 2.75) is 26.7 Å². The Hall–Kier alpha value is 0.846. The predicted molar refractivity (Wildman–Crippen MR) is 51.7 cm³/mol. The number of hydrogen-bond acceptors (Lipinski definition) is 1. The van der Waals surface area contributed by atoms with Gasteiger partial charge in [-0.25, -0.2) is 0 Å². The van der Waals surface area contributed by atoms with Crippen molar-refractivity contribution in [1.82, 2.24) is 4.90 Å². The number of carbonyl (C=O) groups is 1. The third kappa shape index (κ3) is 6.86. The van der Waals surface area contributed by atoms with E-state index in [1.165, 1.54) is 6.08 Å². The summed E-state index contributed by atoms with van der Waals surface area (Å²) >= 11 is 0. The van der Waals surface area contributed by atoms with Crippen LogP contribution in [0.3, 0.4) is 0 Å². The molecule has 0 aromatic carbocycles. The van der Waals surface area contributed by atoms with Crippen LogP contribution in [0.4, 0.5) is 0 Å². The van der Waals surface area contributed by atoms with Gasteiger partial charge in [0.05, 0.1) is 0 Å². The average molecular weight is 207 g/mol. The van der Waals surface area contributed by atoms with Crippen LogP contribution in [-0.4, -0.2) is 23.9 Å². The van der Waals surface area contributed by atoms with Crippen molar-refractivity contribution < 1.29 is 56.2 Å². The Morgan fingerprint density at radius 1 is 1.54 bits per heavy atom. The Morgan fingerprint density at radius 2 is 2.15 bits per heavy atom. The summed E-state index contributed by atoms with van der Waals surface area (Å²) < 4.78 is 0. The van der Waals surface area contributed by atoms with E-state index in [4.69, 9.17) is 0 Å². The monoisotopic (exact) mass is 207 g/mol. The number of carbonyl (C=O) groups excluding carboxylic acids is 1. The molecule has 0 atom stereocenters. The van der Waals surface area contributed by atoms with Gasteiger partial charge in [-0.15, -0.1) is 6.54 Å². The first kappa shape index (κ1) is 16.3. The summed E-state index contributed by atoms with van der Waals surface area (Å²) in [5, 5.41) is 0. The van der Waals surface area contributed by atoms with Gasteiger partial charge in [0.2, 0.25) is 5.91 Å². The maximum Gasteiger partial charge on any atom is 1.00 e. The van der Waals surface area contributed by atoms with E-state index in [2.05, 4.69) is 13.0 Å². The topological polar surface area (TPSA) is 20.3 Å². The second-order valence-electron chi connectivity index (χ2n) is 2.42. The molecule has 3 heteroatoms. The minimum absolute atomic E-state index is 0. The Morgan fingerprint density at radius 3 is 2.54 bits per heavy atom.